The summed E-state index contributed by atoms with van der Waals surface area (Å²) in [5.41, 5.74) is -0.396. The molecule has 1 nitrogen and oxygen atoms in total. The van der Waals surface area contributed by atoms with Gasteiger partial charge in [0.05, 0.1) is 16.3 Å². The van der Waals surface area contributed by atoms with E-state index in [1.807, 2.05) is 0 Å². The van der Waals surface area contributed by atoms with Crippen molar-refractivity contribution in [1.82, 2.24) is 0 Å². The normalized spacial score (nSPS) is 11.5. The van der Waals surface area contributed by atoms with Gasteiger partial charge in [0.15, 0.2) is 0 Å². The molecular weight excluding hydrogens is 374 g/mol. The van der Waals surface area contributed by atoms with E-state index >= 15 is 0 Å². The molecule has 0 bridgehead atoms. The maximum absolute atomic E-state index is 13.6. The Morgan fingerprint density at radius 1 is 1.10 bits per heavy atom. The molecule has 21 heavy (non-hydrogen) atoms. The van der Waals surface area contributed by atoms with Gasteiger partial charge in [-0.2, -0.15) is 13.2 Å². The number of hydrogen-bond acceptors (Lipinski definition) is 1. The van der Waals surface area contributed by atoms with Crippen molar-refractivity contribution >= 4 is 33.2 Å². The molecule has 0 radical (unpaired) electrons. The van der Waals surface area contributed by atoms with Gasteiger partial charge in [-0.1, -0.05) is 27.5 Å². The Kier molecular flexibility index (Phi) is 4.78. The van der Waals surface area contributed by atoms with E-state index in [-0.39, 0.29) is 17.3 Å². The third kappa shape index (κ3) is 4.11. The Labute approximate surface area is 132 Å². The van der Waals surface area contributed by atoms with Crippen molar-refractivity contribution < 1.29 is 17.6 Å². The van der Waals surface area contributed by atoms with Crippen molar-refractivity contribution in [1.29, 1.82) is 0 Å². The van der Waals surface area contributed by atoms with Crippen molar-refractivity contribution in [2.45, 2.75) is 12.7 Å². The number of halogens is 6. The monoisotopic (exact) mass is 381 g/mol. The Balaban J connectivity index is 2.22. The van der Waals surface area contributed by atoms with Crippen LogP contribution in [0.1, 0.15) is 11.1 Å². The van der Waals surface area contributed by atoms with Crippen LogP contribution in [-0.4, -0.2) is 0 Å². The zero-order chi connectivity index (χ0) is 15.6. The van der Waals surface area contributed by atoms with Gasteiger partial charge in [0, 0.05) is 16.6 Å². The maximum atomic E-state index is 13.6. The second-order valence-electron chi connectivity index (χ2n) is 4.28. The number of nitrogens with one attached hydrogen (secondary N) is 1. The topological polar surface area (TPSA) is 12.0 Å². The van der Waals surface area contributed by atoms with E-state index in [1.165, 1.54) is 12.1 Å². The SMILES string of the molecule is Fc1ccc(Br)cc1CNc1cc(C(F)(F)F)ccc1Cl. The molecule has 0 atom stereocenters. The quantitative estimate of drug-likeness (QED) is 0.654. The highest BCUT2D eigenvalue weighted by molar-refractivity contribution is 9.10. The van der Waals surface area contributed by atoms with Crippen LogP contribution in [0.3, 0.4) is 0 Å². The van der Waals surface area contributed by atoms with Crippen molar-refractivity contribution in [2.75, 3.05) is 5.32 Å². The van der Waals surface area contributed by atoms with Gasteiger partial charge in [0.25, 0.3) is 0 Å². The molecule has 0 amide bonds. The van der Waals surface area contributed by atoms with Crippen molar-refractivity contribution in [3.63, 3.8) is 0 Å². The maximum Gasteiger partial charge on any atom is 0.416 e. The van der Waals surface area contributed by atoms with Crippen LogP contribution >= 0.6 is 27.5 Å². The molecule has 0 aliphatic heterocycles. The van der Waals surface area contributed by atoms with Crippen LogP contribution in [0.15, 0.2) is 40.9 Å². The fourth-order valence-corrected chi connectivity index (χ4v) is 2.30. The first-order chi connectivity index (χ1) is 9.77. The second-order valence-corrected chi connectivity index (χ2v) is 5.60. The largest absolute Gasteiger partial charge is 0.416 e. The van der Waals surface area contributed by atoms with E-state index in [4.69, 9.17) is 11.6 Å². The first-order valence-electron chi connectivity index (χ1n) is 5.82. The number of benzene rings is 2. The molecule has 0 aliphatic carbocycles. The molecule has 2 aromatic carbocycles. The van der Waals surface area contributed by atoms with E-state index in [2.05, 4.69) is 21.2 Å². The standard InChI is InChI=1S/C14H9BrClF4N/c15-10-2-4-12(17)8(5-10)7-21-13-6-9(14(18,19)20)1-3-11(13)16/h1-6,21H,7H2. The van der Waals surface area contributed by atoms with E-state index < -0.39 is 17.6 Å². The molecule has 112 valence electrons. The number of alkyl halides is 3. The molecule has 0 saturated heterocycles. The average molecular weight is 383 g/mol. The molecule has 1 N–H and O–H groups in total. The summed E-state index contributed by atoms with van der Waals surface area (Å²) in [5, 5.41) is 2.85. The van der Waals surface area contributed by atoms with E-state index in [0.29, 0.717) is 10.0 Å². The van der Waals surface area contributed by atoms with Crippen molar-refractivity contribution in [3.8, 4) is 0 Å². The summed E-state index contributed by atoms with van der Waals surface area (Å²) in [6, 6.07) is 7.31. The highest BCUT2D eigenvalue weighted by Crippen LogP contribution is 2.34. The second kappa shape index (κ2) is 6.23. The Morgan fingerprint density at radius 2 is 1.81 bits per heavy atom. The summed E-state index contributed by atoms with van der Waals surface area (Å²) in [4.78, 5) is 0. The van der Waals surface area contributed by atoms with E-state index in [1.54, 1.807) is 6.07 Å². The molecule has 0 saturated carbocycles. The molecule has 0 heterocycles. The third-order valence-electron chi connectivity index (χ3n) is 2.77. The Morgan fingerprint density at radius 3 is 2.48 bits per heavy atom. The summed E-state index contributed by atoms with van der Waals surface area (Å²) < 4.78 is 52.2. The minimum absolute atomic E-state index is 0.0201. The predicted octanol–water partition coefficient (Wildman–Crippen LogP) is 5.87. The first-order valence-corrected chi connectivity index (χ1v) is 6.99. The average Bonchev–Trinajstić information content (AvgIpc) is 2.40. The predicted molar refractivity (Wildman–Crippen MR) is 77.9 cm³/mol. The molecule has 0 aliphatic rings. The highest BCUT2D eigenvalue weighted by Gasteiger charge is 2.30. The lowest BCUT2D eigenvalue weighted by Crippen LogP contribution is -2.07. The van der Waals surface area contributed by atoms with Crippen LogP contribution in [0.2, 0.25) is 5.02 Å². The summed E-state index contributed by atoms with van der Waals surface area (Å²) in [5.74, 6) is -0.450. The summed E-state index contributed by atoms with van der Waals surface area (Å²) in [7, 11) is 0. The lowest BCUT2D eigenvalue weighted by molar-refractivity contribution is -0.137. The van der Waals surface area contributed by atoms with Crippen LogP contribution in [0.25, 0.3) is 0 Å². The minimum atomic E-state index is -4.46. The van der Waals surface area contributed by atoms with Crippen molar-refractivity contribution in [3.05, 3.63) is 62.8 Å². The molecule has 0 spiro atoms. The lowest BCUT2D eigenvalue weighted by atomic mass is 10.1. The smallest absolute Gasteiger partial charge is 0.380 e. The van der Waals surface area contributed by atoms with Crippen LogP contribution in [0.4, 0.5) is 23.2 Å². The summed E-state index contributed by atoms with van der Waals surface area (Å²) in [6.07, 6.45) is -4.46. The van der Waals surface area contributed by atoms with E-state index in [9.17, 15) is 17.6 Å². The zero-order valence-electron chi connectivity index (χ0n) is 10.4. The van der Waals surface area contributed by atoms with Gasteiger partial charge >= 0.3 is 6.18 Å². The van der Waals surface area contributed by atoms with Crippen LogP contribution in [0, 0.1) is 5.82 Å². The van der Waals surface area contributed by atoms with Gasteiger partial charge in [-0.05, 0) is 36.4 Å². The van der Waals surface area contributed by atoms with Gasteiger partial charge in [0.1, 0.15) is 5.82 Å². The Bertz CT molecular complexity index is 658. The van der Waals surface area contributed by atoms with Crippen LogP contribution < -0.4 is 5.32 Å². The Hall–Kier alpha value is -1.27. The van der Waals surface area contributed by atoms with Gasteiger partial charge in [0.2, 0.25) is 0 Å². The molecule has 7 heteroatoms. The van der Waals surface area contributed by atoms with Crippen molar-refractivity contribution in [2.24, 2.45) is 0 Å². The molecule has 0 fully saturated rings. The fourth-order valence-electron chi connectivity index (χ4n) is 1.71. The van der Waals surface area contributed by atoms with Crippen LogP contribution in [0.5, 0.6) is 0 Å². The lowest BCUT2D eigenvalue weighted by Gasteiger charge is -2.13. The molecular formula is C14H9BrClF4N. The highest BCUT2D eigenvalue weighted by atomic mass is 79.9. The number of anilines is 1. The van der Waals surface area contributed by atoms with Gasteiger partial charge in [-0.15, -0.1) is 0 Å². The minimum Gasteiger partial charge on any atom is -0.380 e. The van der Waals surface area contributed by atoms with Gasteiger partial charge in [-0.3, -0.25) is 0 Å². The molecule has 2 aromatic rings. The number of hydrogen-bond donors (Lipinski definition) is 1. The zero-order valence-corrected chi connectivity index (χ0v) is 12.8. The summed E-state index contributed by atoms with van der Waals surface area (Å²) in [6.45, 7) is 0.0201. The summed E-state index contributed by atoms with van der Waals surface area (Å²) >= 11 is 9.06. The fraction of sp³-hybridized carbons (Fsp3) is 0.143. The van der Waals surface area contributed by atoms with Crippen LogP contribution in [-0.2, 0) is 12.7 Å². The van der Waals surface area contributed by atoms with Gasteiger partial charge in [-0.25, -0.2) is 4.39 Å². The number of rotatable bonds is 3. The van der Waals surface area contributed by atoms with Gasteiger partial charge < -0.3 is 5.32 Å². The molecule has 2 rings (SSSR count). The first kappa shape index (κ1) is 16.1. The third-order valence-corrected chi connectivity index (χ3v) is 3.59. The molecule has 0 aromatic heterocycles. The van der Waals surface area contributed by atoms with E-state index in [0.717, 1.165) is 18.2 Å². The molecule has 0 unspecified atom stereocenters.